The number of carbonyl (C=O) groups excluding carboxylic acids is 1. The summed E-state index contributed by atoms with van der Waals surface area (Å²) in [6.45, 7) is 4.54. The third kappa shape index (κ3) is 4.26. The van der Waals surface area contributed by atoms with Crippen LogP contribution in [0, 0.1) is 13.8 Å². The molecule has 0 unspecified atom stereocenters. The molecule has 1 heterocycles. The molecule has 0 radical (unpaired) electrons. The molecule has 0 saturated carbocycles. The van der Waals surface area contributed by atoms with E-state index in [0.29, 0.717) is 22.2 Å². The first kappa shape index (κ1) is 18.5. The van der Waals surface area contributed by atoms with E-state index in [9.17, 15) is 4.79 Å². The molecule has 2 aromatic carbocycles. The number of hydrogen-bond donors (Lipinski definition) is 1. The number of hydrogen-bond acceptors (Lipinski definition) is 2. The lowest BCUT2D eigenvalue weighted by molar-refractivity contribution is 0.0954. The van der Waals surface area contributed by atoms with Crippen LogP contribution in [0.1, 0.15) is 27.3 Å². The molecule has 0 atom stereocenters. The van der Waals surface area contributed by atoms with Gasteiger partial charge in [-0.25, -0.2) is 4.68 Å². The Morgan fingerprint density at radius 2 is 1.81 bits per heavy atom. The number of halogens is 2. The second kappa shape index (κ2) is 7.94. The number of nitrogens with zero attached hydrogens (tertiary/aromatic N) is 2. The molecular formula is C20H19Cl2N3O. The zero-order valence-electron chi connectivity index (χ0n) is 14.6. The van der Waals surface area contributed by atoms with Crippen molar-refractivity contribution in [3.05, 3.63) is 81.1 Å². The van der Waals surface area contributed by atoms with E-state index < -0.39 is 0 Å². The first-order chi connectivity index (χ1) is 12.4. The fourth-order valence-corrected chi connectivity index (χ4v) is 3.28. The molecule has 4 nitrogen and oxygen atoms in total. The Balaban J connectivity index is 1.58. The third-order valence-electron chi connectivity index (χ3n) is 4.07. The van der Waals surface area contributed by atoms with E-state index in [-0.39, 0.29) is 5.91 Å². The highest BCUT2D eigenvalue weighted by Crippen LogP contribution is 2.20. The van der Waals surface area contributed by atoms with Gasteiger partial charge in [0.15, 0.2) is 0 Å². The second-order valence-electron chi connectivity index (χ2n) is 6.14. The molecule has 0 aliphatic carbocycles. The van der Waals surface area contributed by atoms with Crippen molar-refractivity contribution in [2.24, 2.45) is 0 Å². The molecule has 3 aromatic rings. The zero-order valence-corrected chi connectivity index (χ0v) is 16.1. The van der Waals surface area contributed by atoms with Gasteiger partial charge in [-0.2, -0.15) is 5.10 Å². The van der Waals surface area contributed by atoms with Crippen LogP contribution in [0.5, 0.6) is 0 Å². The molecule has 26 heavy (non-hydrogen) atoms. The summed E-state index contributed by atoms with van der Waals surface area (Å²) in [4.78, 5) is 12.2. The number of amides is 1. The first-order valence-corrected chi connectivity index (χ1v) is 9.05. The first-order valence-electron chi connectivity index (χ1n) is 8.30. The molecule has 1 amide bonds. The molecule has 0 saturated heterocycles. The number of benzene rings is 2. The minimum atomic E-state index is -0.203. The Bertz CT molecular complexity index is 933. The second-order valence-corrected chi connectivity index (χ2v) is 6.98. The maximum Gasteiger partial charge on any atom is 0.252 e. The smallest absolute Gasteiger partial charge is 0.252 e. The van der Waals surface area contributed by atoms with Gasteiger partial charge < -0.3 is 5.32 Å². The minimum absolute atomic E-state index is 0.203. The Morgan fingerprint density at radius 3 is 2.42 bits per heavy atom. The summed E-state index contributed by atoms with van der Waals surface area (Å²) in [5.74, 6) is -0.203. The third-order valence-corrected chi connectivity index (χ3v) is 4.61. The molecule has 1 N–H and O–H groups in total. The summed E-state index contributed by atoms with van der Waals surface area (Å²) in [7, 11) is 0. The maximum atomic E-state index is 12.2. The maximum absolute atomic E-state index is 12.2. The van der Waals surface area contributed by atoms with Crippen molar-refractivity contribution >= 4 is 29.1 Å². The number of aromatic nitrogens is 2. The van der Waals surface area contributed by atoms with Crippen LogP contribution in [-0.4, -0.2) is 22.2 Å². The normalized spacial score (nSPS) is 10.8. The van der Waals surface area contributed by atoms with Crippen molar-refractivity contribution in [2.75, 3.05) is 6.54 Å². The van der Waals surface area contributed by atoms with Gasteiger partial charge in [0.05, 0.1) is 22.0 Å². The summed E-state index contributed by atoms with van der Waals surface area (Å²) in [6, 6.07) is 15.1. The van der Waals surface area contributed by atoms with Crippen molar-refractivity contribution in [3.63, 3.8) is 0 Å². The Hall–Kier alpha value is -2.30. The predicted molar refractivity (Wildman–Crippen MR) is 106 cm³/mol. The number of rotatable bonds is 5. The quantitative estimate of drug-likeness (QED) is 0.685. The molecule has 6 heteroatoms. The molecule has 0 bridgehead atoms. The SMILES string of the molecule is Cc1cc(C)n(-c2ccc(CCNC(=O)c3ccc(Cl)cc3Cl)cc2)n1. The summed E-state index contributed by atoms with van der Waals surface area (Å²) >= 11 is 11.9. The summed E-state index contributed by atoms with van der Waals surface area (Å²) in [6.07, 6.45) is 0.731. The molecule has 1 aromatic heterocycles. The predicted octanol–water partition coefficient (Wildman–Crippen LogP) is 4.77. The van der Waals surface area contributed by atoms with Gasteiger partial charge in [-0.15, -0.1) is 0 Å². The van der Waals surface area contributed by atoms with Crippen LogP contribution in [0.3, 0.4) is 0 Å². The van der Waals surface area contributed by atoms with Crippen LogP contribution >= 0.6 is 23.2 Å². The van der Waals surface area contributed by atoms with E-state index in [1.807, 2.05) is 48.9 Å². The summed E-state index contributed by atoms with van der Waals surface area (Å²) < 4.78 is 1.92. The lowest BCUT2D eigenvalue weighted by Crippen LogP contribution is -2.25. The van der Waals surface area contributed by atoms with Gasteiger partial charge in [-0.3, -0.25) is 4.79 Å². The standard InChI is InChI=1S/C20H19Cl2N3O/c1-13-11-14(2)25(24-13)17-6-3-15(4-7-17)9-10-23-20(26)18-8-5-16(21)12-19(18)22/h3-8,11-12H,9-10H2,1-2H3,(H,23,26). The Morgan fingerprint density at radius 1 is 1.08 bits per heavy atom. The van der Waals surface area contributed by atoms with E-state index in [2.05, 4.69) is 10.4 Å². The fourth-order valence-electron chi connectivity index (χ4n) is 2.78. The number of nitrogens with one attached hydrogen (secondary N) is 1. The van der Waals surface area contributed by atoms with Crippen LogP contribution in [0.4, 0.5) is 0 Å². The van der Waals surface area contributed by atoms with E-state index in [4.69, 9.17) is 23.2 Å². The minimum Gasteiger partial charge on any atom is -0.352 e. The van der Waals surface area contributed by atoms with Crippen molar-refractivity contribution in [3.8, 4) is 5.69 Å². The van der Waals surface area contributed by atoms with Gasteiger partial charge in [0, 0.05) is 17.3 Å². The highest BCUT2D eigenvalue weighted by atomic mass is 35.5. The molecule has 3 rings (SSSR count). The monoisotopic (exact) mass is 387 g/mol. The average Bonchev–Trinajstić information content (AvgIpc) is 2.93. The highest BCUT2D eigenvalue weighted by Gasteiger charge is 2.10. The van der Waals surface area contributed by atoms with Crippen LogP contribution in [-0.2, 0) is 6.42 Å². The Labute approximate surface area is 162 Å². The lowest BCUT2D eigenvalue weighted by Gasteiger charge is -2.08. The zero-order chi connectivity index (χ0) is 18.7. The average molecular weight is 388 g/mol. The summed E-state index contributed by atoms with van der Waals surface area (Å²) in [5, 5.41) is 8.22. The van der Waals surface area contributed by atoms with E-state index >= 15 is 0 Å². The molecular weight excluding hydrogens is 369 g/mol. The molecule has 134 valence electrons. The highest BCUT2D eigenvalue weighted by molar-refractivity contribution is 6.36. The van der Waals surface area contributed by atoms with Gasteiger partial charge in [0.25, 0.3) is 5.91 Å². The van der Waals surface area contributed by atoms with E-state index in [0.717, 1.165) is 29.1 Å². The van der Waals surface area contributed by atoms with Crippen LogP contribution < -0.4 is 5.32 Å². The summed E-state index contributed by atoms with van der Waals surface area (Å²) in [5.41, 5.74) is 4.68. The van der Waals surface area contributed by atoms with Gasteiger partial charge in [0.2, 0.25) is 0 Å². The van der Waals surface area contributed by atoms with E-state index in [1.165, 1.54) is 0 Å². The van der Waals surface area contributed by atoms with Gasteiger partial charge in [0.1, 0.15) is 0 Å². The van der Waals surface area contributed by atoms with Crippen molar-refractivity contribution in [1.82, 2.24) is 15.1 Å². The fraction of sp³-hybridized carbons (Fsp3) is 0.200. The number of aryl methyl sites for hydroxylation is 2. The van der Waals surface area contributed by atoms with Crippen LogP contribution in [0.15, 0.2) is 48.5 Å². The largest absolute Gasteiger partial charge is 0.352 e. The molecule has 0 aliphatic rings. The van der Waals surface area contributed by atoms with Gasteiger partial charge in [-0.05, 0) is 62.2 Å². The van der Waals surface area contributed by atoms with Gasteiger partial charge >= 0.3 is 0 Å². The van der Waals surface area contributed by atoms with Crippen molar-refractivity contribution in [2.45, 2.75) is 20.3 Å². The van der Waals surface area contributed by atoms with Crippen LogP contribution in [0.25, 0.3) is 5.69 Å². The van der Waals surface area contributed by atoms with Crippen LogP contribution in [0.2, 0.25) is 10.0 Å². The van der Waals surface area contributed by atoms with Crippen molar-refractivity contribution < 1.29 is 4.79 Å². The topological polar surface area (TPSA) is 46.9 Å². The molecule has 0 fully saturated rings. The van der Waals surface area contributed by atoms with Crippen molar-refractivity contribution in [1.29, 1.82) is 0 Å². The lowest BCUT2D eigenvalue weighted by atomic mass is 10.1. The molecule has 0 aliphatic heterocycles. The van der Waals surface area contributed by atoms with Gasteiger partial charge in [-0.1, -0.05) is 35.3 Å². The Kier molecular flexibility index (Phi) is 5.64. The molecule has 0 spiro atoms. The number of carbonyl (C=O) groups is 1. The van der Waals surface area contributed by atoms with E-state index in [1.54, 1.807) is 18.2 Å².